The van der Waals surface area contributed by atoms with E-state index in [0.717, 1.165) is 16.8 Å². The van der Waals surface area contributed by atoms with E-state index < -0.39 is 11.9 Å². The summed E-state index contributed by atoms with van der Waals surface area (Å²) in [5.74, 6) is -1.40. The first-order valence-corrected chi connectivity index (χ1v) is 9.11. The number of ether oxygens (including phenoxy) is 1. The summed E-state index contributed by atoms with van der Waals surface area (Å²) in [7, 11) is 1.48. The highest BCUT2D eigenvalue weighted by Crippen LogP contribution is 2.41. The molecule has 0 aliphatic carbocycles. The molecule has 0 bridgehead atoms. The van der Waals surface area contributed by atoms with Gasteiger partial charge in [0.15, 0.2) is 0 Å². The van der Waals surface area contributed by atoms with Crippen molar-refractivity contribution in [3.8, 4) is 16.9 Å². The van der Waals surface area contributed by atoms with Crippen molar-refractivity contribution >= 4 is 23.3 Å². The first-order chi connectivity index (χ1) is 14.0. The Balaban J connectivity index is 1.64. The van der Waals surface area contributed by atoms with E-state index >= 15 is 0 Å². The minimum absolute atomic E-state index is 0.0310. The number of nitrogen functional groups attached to an aromatic ring is 1. The molecule has 2 heterocycles. The van der Waals surface area contributed by atoms with E-state index in [0.29, 0.717) is 24.3 Å². The molecule has 8 heteroatoms. The van der Waals surface area contributed by atoms with Gasteiger partial charge in [0.1, 0.15) is 5.75 Å². The highest BCUT2D eigenvalue weighted by atomic mass is 16.5. The molecule has 1 amide bonds. The van der Waals surface area contributed by atoms with Crippen LogP contribution in [0.5, 0.6) is 5.75 Å². The predicted octanol–water partition coefficient (Wildman–Crippen LogP) is 2.89. The molecule has 1 aliphatic heterocycles. The summed E-state index contributed by atoms with van der Waals surface area (Å²) in [6.45, 7) is 0.508. The monoisotopic (exact) mass is 392 g/mol. The molecule has 2 aromatic carbocycles. The van der Waals surface area contributed by atoms with Crippen molar-refractivity contribution in [2.45, 2.75) is 12.3 Å². The Labute approximate surface area is 166 Å². The zero-order valence-electron chi connectivity index (χ0n) is 15.8. The number of carboxylic acids is 1. The fourth-order valence-corrected chi connectivity index (χ4v) is 3.79. The number of H-pyrrole nitrogens is 1. The number of nitrogens with one attached hydrogen (secondary N) is 1. The number of aromatic amines is 1. The van der Waals surface area contributed by atoms with E-state index in [4.69, 9.17) is 10.5 Å². The zero-order valence-corrected chi connectivity index (χ0v) is 15.8. The van der Waals surface area contributed by atoms with Crippen molar-refractivity contribution in [2.24, 2.45) is 0 Å². The standard InChI is InChI=1S/C21H20N4O4/c1-29-17-7-6-16(21(27)28)19(22)18(17)15-8-9-25(20(15)26)14-4-2-12(3-5-14)13-10-23-24-11-13/h2-7,10-11,15H,8-9,22H2,1H3,(H,23,24)(H,27,28). The Morgan fingerprint density at radius 3 is 2.62 bits per heavy atom. The van der Waals surface area contributed by atoms with Gasteiger partial charge in [-0.2, -0.15) is 5.10 Å². The second-order valence-electron chi connectivity index (χ2n) is 6.81. The number of carboxylic acid groups (broad SMARTS) is 1. The largest absolute Gasteiger partial charge is 0.496 e. The van der Waals surface area contributed by atoms with Crippen LogP contribution in [0, 0.1) is 0 Å². The maximum absolute atomic E-state index is 13.2. The molecule has 1 aromatic heterocycles. The second-order valence-corrected chi connectivity index (χ2v) is 6.81. The molecule has 0 radical (unpaired) electrons. The Hall–Kier alpha value is -3.81. The molecular formula is C21H20N4O4. The van der Waals surface area contributed by atoms with E-state index in [1.165, 1.54) is 13.2 Å². The lowest BCUT2D eigenvalue weighted by Crippen LogP contribution is -2.26. The van der Waals surface area contributed by atoms with Crippen LogP contribution >= 0.6 is 0 Å². The number of aromatic nitrogens is 2. The summed E-state index contributed by atoms with van der Waals surface area (Å²) in [6.07, 6.45) is 4.05. The molecule has 0 spiro atoms. The smallest absolute Gasteiger partial charge is 0.337 e. The number of methoxy groups -OCH3 is 1. The lowest BCUT2D eigenvalue weighted by Gasteiger charge is -2.20. The van der Waals surface area contributed by atoms with Gasteiger partial charge in [-0.1, -0.05) is 12.1 Å². The number of anilines is 2. The fourth-order valence-electron chi connectivity index (χ4n) is 3.79. The van der Waals surface area contributed by atoms with E-state index in [1.54, 1.807) is 23.4 Å². The van der Waals surface area contributed by atoms with Crippen LogP contribution in [0.1, 0.15) is 28.3 Å². The second kappa shape index (κ2) is 7.31. The first-order valence-electron chi connectivity index (χ1n) is 9.11. The molecule has 4 N–H and O–H groups in total. The molecule has 0 saturated carbocycles. The number of amides is 1. The number of nitrogens with zero attached hydrogens (tertiary/aromatic N) is 2. The van der Waals surface area contributed by atoms with Crippen LogP contribution in [0.25, 0.3) is 11.1 Å². The van der Waals surface area contributed by atoms with Gasteiger partial charge in [0.05, 0.1) is 30.5 Å². The van der Waals surface area contributed by atoms with Crippen LogP contribution in [0.2, 0.25) is 0 Å². The summed E-state index contributed by atoms with van der Waals surface area (Å²) in [6, 6.07) is 10.6. The Morgan fingerprint density at radius 2 is 2.00 bits per heavy atom. The van der Waals surface area contributed by atoms with Crippen molar-refractivity contribution in [3.63, 3.8) is 0 Å². The number of hydrogen-bond donors (Lipinski definition) is 3. The third-order valence-corrected chi connectivity index (χ3v) is 5.26. The lowest BCUT2D eigenvalue weighted by molar-refractivity contribution is -0.118. The van der Waals surface area contributed by atoms with E-state index in [2.05, 4.69) is 10.2 Å². The third-order valence-electron chi connectivity index (χ3n) is 5.26. The molecule has 1 aliphatic rings. The van der Waals surface area contributed by atoms with Gasteiger partial charge in [-0.05, 0) is 36.2 Å². The Kier molecular flexibility index (Phi) is 4.67. The van der Waals surface area contributed by atoms with Crippen LogP contribution in [0.4, 0.5) is 11.4 Å². The molecule has 1 atom stereocenters. The number of carbonyl (C=O) groups excluding carboxylic acids is 1. The summed E-state index contributed by atoms with van der Waals surface area (Å²) < 4.78 is 5.37. The van der Waals surface area contributed by atoms with E-state index in [-0.39, 0.29) is 17.2 Å². The number of benzene rings is 2. The van der Waals surface area contributed by atoms with Gasteiger partial charge in [0.25, 0.3) is 0 Å². The maximum atomic E-state index is 13.2. The maximum Gasteiger partial charge on any atom is 0.337 e. The van der Waals surface area contributed by atoms with Gasteiger partial charge >= 0.3 is 5.97 Å². The van der Waals surface area contributed by atoms with Crippen LogP contribution in [0.3, 0.4) is 0 Å². The summed E-state index contributed by atoms with van der Waals surface area (Å²) in [5, 5.41) is 16.1. The van der Waals surface area contributed by atoms with Crippen LogP contribution in [0.15, 0.2) is 48.8 Å². The number of carbonyl (C=O) groups is 2. The van der Waals surface area contributed by atoms with Crippen molar-refractivity contribution < 1.29 is 19.4 Å². The number of aromatic carboxylic acids is 1. The number of nitrogens with two attached hydrogens (primary N) is 1. The lowest BCUT2D eigenvalue weighted by atomic mass is 9.92. The fraction of sp³-hybridized carbons (Fsp3) is 0.190. The van der Waals surface area contributed by atoms with Crippen molar-refractivity contribution in [2.75, 3.05) is 24.3 Å². The zero-order chi connectivity index (χ0) is 20.5. The average molecular weight is 392 g/mol. The minimum Gasteiger partial charge on any atom is -0.496 e. The molecule has 8 nitrogen and oxygen atoms in total. The minimum atomic E-state index is -1.14. The Bertz CT molecular complexity index is 1060. The molecule has 3 aromatic rings. The quantitative estimate of drug-likeness (QED) is 0.574. The van der Waals surface area contributed by atoms with Crippen molar-refractivity contribution in [1.82, 2.24) is 10.2 Å². The molecule has 148 valence electrons. The normalized spacial score (nSPS) is 16.2. The van der Waals surface area contributed by atoms with E-state index in [1.807, 2.05) is 24.3 Å². The average Bonchev–Trinajstić information content (AvgIpc) is 3.38. The number of hydrogen-bond acceptors (Lipinski definition) is 5. The van der Waals surface area contributed by atoms with Crippen molar-refractivity contribution in [3.05, 3.63) is 59.9 Å². The van der Waals surface area contributed by atoms with Gasteiger partial charge in [-0.3, -0.25) is 9.89 Å². The molecular weight excluding hydrogens is 372 g/mol. The van der Waals surface area contributed by atoms with Gasteiger partial charge < -0.3 is 20.5 Å². The van der Waals surface area contributed by atoms with Crippen LogP contribution in [-0.4, -0.2) is 40.8 Å². The van der Waals surface area contributed by atoms with Crippen LogP contribution in [-0.2, 0) is 4.79 Å². The van der Waals surface area contributed by atoms with Gasteiger partial charge in [0.2, 0.25) is 5.91 Å². The predicted molar refractivity (Wildman–Crippen MR) is 108 cm³/mol. The highest BCUT2D eigenvalue weighted by Gasteiger charge is 2.37. The molecule has 4 rings (SSSR count). The van der Waals surface area contributed by atoms with Gasteiger partial charge in [0, 0.05) is 29.6 Å². The highest BCUT2D eigenvalue weighted by molar-refractivity contribution is 6.03. The van der Waals surface area contributed by atoms with Gasteiger partial charge in [-0.25, -0.2) is 4.79 Å². The Morgan fingerprint density at radius 1 is 1.24 bits per heavy atom. The summed E-state index contributed by atoms with van der Waals surface area (Å²) in [5.41, 5.74) is 9.33. The molecule has 1 saturated heterocycles. The molecule has 1 fully saturated rings. The van der Waals surface area contributed by atoms with Crippen molar-refractivity contribution in [1.29, 1.82) is 0 Å². The molecule has 1 unspecified atom stereocenters. The molecule has 29 heavy (non-hydrogen) atoms. The summed E-state index contributed by atoms with van der Waals surface area (Å²) >= 11 is 0. The topological polar surface area (TPSA) is 122 Å². The summed E-state index contributed by atoms with van der Waals surface area (Å²) in [4.78, 5) is 26.3. The first kappa shape index (κ1) is 18.5. The third kappa shape index (κ3) is 3.18. The SMILES string of the molecule is COc1ccc(C(=O)O)c(N)c1C1CCN(c2ccc(-c3cn[nH]c3)cc2)C1=O. The number of rotatable bonds is 5. The van der Waals surface area contributed by atoms with E-state index in [9.17, 15) is 14.7 Å². The van der Waals surface area contributed by atoms with Crippen LogP contribution < -0.4 is 15.4 Å². The van der Waals surface area contributed by atoms with Gasteiger partial charge in [-0.15, -0.1) is 0 Å².